The van der Waals surface area contributed by atoms with Gasteiger partial charge in [-0.15, -0.1) is 11.6 Å². The Morgan fingerprint density at radius 2 is 2.22 bits per heavy atom. The van der Waals surface area contributed by atoms with Crippen LogP contribution in [0.25, 0.3) is 0 Å². The summed E-state index contributed by atoms with van der Waals surface area (Å²) in [4.78, 5) is 15.2. The van der Waals surface area contributed by atoms with E-state index in [-0.39, 0.29) is 41.5 Å². The highest BCUT2D eigenvalue weighted by Gasteiger charge is 2.19. The predicted molar refractivity (Wildman–Crippen MR) is 63.5 cm³/mol. The van der Waals surface area contributed by atoms with Gasteiger partial charge in [0.2, 0.25) is 0 Å². The number of ether oxygens (including phenoxy) is 1. The number of carbonyl (C=O) groups excluding carboxylic acids is 1. The molecule has 0 spiro atoms. The first-order valence-electron chi connectivity index (χ1n) is 5.27. The lowest BCUT2D eigenvalue weighted by Gasteiger charge is -2.11. The van der Waals surface area contributed by atoms with Crippen LogP contribution in [0, 0.1) is 0 Å². The molecule has 0 aromatic carbocycles. The molecule has 0 radical (unpaired) electrons. The number of rotatable bonds is 5. The smallest absolute Gasteiger partial charge is 0.311 e. The summed E-state index contributed by atoms with van der Waals surface area (Å²) < 4.78 is 30.3. The van der Waals surface area contributed by atoms with Gasteiger partial charge in [0.25, 0.3) is 6.43 Å². The summed E-state index contributed by atoms with van der Waals surface area (Å²) in [5.74, 6) is -0.622. The normalized spacial score (nSPS) is 10.7. The number of nitrogens with two attached hydrogens (primary N) is 1. The zero-order chi connectivity index (χ0) is 13.7. The number of halogens is 3. The van der Waals surface area contributed by atoms with Crippen molar-refractivity contribution < 1.29 is 18.3 Å². The first kappa shape index (κ1) is 14.6. The van der Waals surface area contributed by atoms with Gasteiger partial charge in [0, 0.05) is 5.56 Å². The van der Waals surface area contributed by atoms with Crippen molar-refractivity contribution >= 4 is 23.3 Å². The minimum atomic E-state index is -2.76. The van der Waals surface area contributed by atoms with Crippen LogP contribution in [-0.2, 0) is 21.8 Å². The van der Waals surface area contributed by atoms with E-state index in [1.807, 2.05) is 0 Å². The van der Waals surface area contributed by atoms with Gasteiger partial charge < -0.3 is 10.5 Å². The van der Waals surface area contributed by atoms with Gasteiger partial charge in [-0.3, -0.25) is 9.78 Å². The molecule has 0 aliphatic rings. The zero-order valence-electron chi connectivity index (χ0n) is 9.75. The van der Waals surface area contributed by atoms with E-state index in [0.717, 1.165) is 6.07 Å². The van der Waals surface area contributed by atoms with Crippen LogP contribution in [0.15, 0.2) is 6.07 Å². The second-order valence-electron chi connectivity index (χ2n) is 3.48. The zero-order valence-corrected chi connectivity index (χ0v) is 10.5. The van der Waals surface area contributed by atoms with E-state index >= 15 is 0 Å². The van der Waals surface area contributed by atoms with Crippen molar-refractivity contribution in [2.45, 2.75) is 25.7 Å². The second kappa shape index (κ2) is 6.49. The van der Waals surface area contributed by atoms with Crippen LogP contribution in [0.2, 0.25) is 0 Å². The number of alkyl halides is 3. The first-order chi connectivity index (χ1) is 8.49. The Kier molecular flexibility index (Phi) is 5.27. The van der Waals surface area contributed by atoms with Gasteiger partial charge in [0.1, 0.15) is 0 Å². The summed E-state index contributed by atoms with van der Waals surface area (Å²) in [6.07, 6.45) is -3.08. The number of aromatic nitrogens is 1. The largest absolute Gasteiger partial charge is 0.466 e. The Balaban J connectivity index is 3.10. The van der Waals surface area contributed by atoms with Crippen molar-refractivity contribution in [1.29, 1.82) is 0 Å². The standard InChI is InChI=1S/C11H13ClF2N2O2/c1-2-18-10(17)4-8-6(11(13)14)3-7(15)9(5-12)16-8/h3,11H,2,4-5,15H2,1H3. The minimum Gasteiger partial charge on any atom is -0.466 e. The molecule has 1 heterocycles. The molecule has 0 atom stereocenters. The third-order valence-electron chi connectivity index (χ3n) is 2.23. The fourth-order valence-electron chi connectivity index (χ4n) is 1.41. The molecule has 18 heavy (non-hydrogen) atoms. The molecule has 0 amide bonds. The van der Waals surface area contributed by atoms with Gasteiger partial charge in [0.05, 0.1) is 36.0 Å². The molecule has 100 valence electrons. The van der Waals surface area contributed by atoms with Crippen molar-refractivity contribution in [2.75, 3.05) is 12.3 Å². The van der Waals surface area contributed by atoms with Crippen LogP contribution in [0.3, 0.4) is 0 Å². The number of pyridine rings is 1. The molecule has 2 N–H and O–H groups in total. The summed E-state index contributed by atoms with van der Waals surface area (Å²) in [5.41, 5.74) is 5.49. The number of carbonyl (C=O) groups is 1. The number of nitrogens with zero attached hydrogens (tertiary/aromatic N) is 1. The summed E-state index contributed by atoms with van der Waals surface area (Å²) in [7, 11) is 0. The van der Waals surface area contributed by atoms with Gasteiger partial charge in [-0.05, 0) is 13.0 Å². The molecule has 0 fully saturated rings. The molecule has 0 saturated heterocycles. The Labute approximate surface area is 108 Å². The van der Waals surface area contributed by atoms with Crippen molar-refractivity contribution in [1.82, 2.24) is 4.98 Å². The Hall–Kier alpha value is -1.43. The fourth-order valence-corrected chi connectivity index (χ4v) is 1.63. The molecule has 4 nitrogen and oxygen atoms in total. The monoisotopic (exact) mass is 278 g/mol. The molecule has 0 saturated carbocycles. The van der Waals surface area contributed by atoms with Gasteiger partial charge >= 0.3 is 5.97 Å². The Morgan fingerprint density at radius 1 is 1.56 bits per heavy atom. The number of hydrogen-bond acceptors (Lipinski definition) is 4. The van der Waals surface area contributed by atoms with E-state index in [9.17, 15) is 13.6 Å². The highest BCUT2D eigenvalue weighted by molar-refractivity contribution is 6.17. The van der Waals surface area contributed by atoms with Crippen LogP contribution in [0.1, 0.15) is 30.3 Å². The van der Waals surface area contributed by atoms with E-state index in [0.29, 0.717) is 0 Å². The van der Waals surface area contributed by atoms with Gasteiger partial charge in [-0.1, -0.05) is 0 Å². The second-order valence-corrected chi connectivity index (χ2v) is 3.74. The van der Waals surface area contributed by atoms with E-state index in [1.54, 1.807) is 6.92 Å². The number of nitrogen functional groups attached to an aromatic ring is 1. The molecular formula is C11H13ClF2N2O2. The van der Waals surface area contributed by atoms with Crippen molar-refractivity contribution in [3.05, 3.63) is 23.0 Å². The van der Waals surface area contributed by atoms with Crippen molar-refractivity contribution in [2.24, 2.45) is 0 Å². The molecule has 0 unspecified atom stereocenters. The van der Waals surface area contributed by atoms with Crippen molar-refractivity contribution in [3.63, 3.8) is 0 Å². The Bertz CT molecular complexity index is 441. The lowest BCUT2D eigenvalue weighted by Crippen LogP contribution is -2.13. The number of hydrogen-bond donors (Lipinski definition) is 1. The minimum absolute atomic E-state index is 0.00875. The molecule has 1 aromatic heterocycles. The molecule has 1 rings (SSSR count). The number of anilines is 1. The third kappa shape index (κ3) is 3.53. The van der Waals surface area contributed by atoms with E-state index in [4.69, 9.17) is 22.1 Å². The third-order valence-corrected chi connectivity index (χ3v) is 2.48. The highest BCUT2D eigenvalue weighted by Crippen LogP contribution is 2.26. The molecular weight excluding hydrogens is 266 g/mol. The van der Waals surface area contributed by atoms with E-state index in [2.05, 4.69) is 4.98 Å². The average Bonchev–Trinajstić information content (AvgIpc) is 2.30. The lowest BCUT2D eigenvalue weighted by molar-refractivity contribution is -0.142. The predicted octanol–water partition coefficient (Wildman–Crippen LogP) is 2.45. The topological polar surface area (TPSA) is 65.2 Å². The molecule has 0 bridgehead atoms. The summed E-state index contributed by atoms with van der Waals surface area (Å²) in [5, 5.41) is 0. The SMILES string of the molecule is CCOC(=O)Cc1nc(CCl)c(N)cc1C(F)F. The van der Waals surface area contributed by atoms with Gasteiger partial charge in [0.15, 0.2) is 0 Å². The van der Waals surface area contributed by atoms with Gasteiger partial charge in [-0.2, -0.15) is 0 Å². The molecule has 1 aromatic rings. The van der Waals surface area contributed by atoms with Crippen molar-refractivity contribution in [3.8, 4) is 0 Å². The van der Waals surface area contributed by atoms with Crippen LogP contribution >= 0.6 is 11.6 Å². The van der Waals surface area contributed by atoms with E-state index < -0.39 is 12.4 Å². The van der Waals surface area contributed by atoms with Crippen LogP contribution in [0.5, 0.6) is 0 Å². The highest BCUT2D eigenvalue weighted by atomic mass is 35.5. The summed E-state index contributed by atoms with van der Waals surface area (Å²) >= 11 is 5.59. The maximum absolute atomic E-state index is 12.8. The van der Waals surface area contributed by atoms with E-state index in [1.165, 1.54) is 0 Å². The average molecular weight is 279 g/mol. The lowest BCUT2D eigenvalue weighted by atomic mass is 10.1. The molecule has 7 heteroatoms. The maximum Gasteiger partial charge on any atom is 0.311 e. The first-order valence-corrected chi connectivity index (χ1v) is 5.80. The number of esters is 1. The molecule has 0 aliphatic carbocycles. The maximum atomic E-state index is 12.8. The van der Waals surface area contributed by atoms with Crippen LogP contribution in [-0.4, -0.2) is 17.6 Å². The summed E-state index contributed by atoms with van der Waals surface area (Å²) in [6, 6.07) is 1.10. The van der Waals surface area contributed by atoms with Crippen LogP contribution < -0.4 is 5.73 Å². The summed E-state index contributed by atoms with van der Waals surface area (Å²) in [6.45, 7) is 1.81. The quantitative estimate of drug-likeness (QED) is 0.664. The van der Waals surface area contributed by atoms with Gasteiger partial charge in [-0.25, -0.2) is 8.78 Å². The van der Waals surface area contributed by atoms with Crippen LogP contribution in [0.4, 0.5) is 14.5 Å². The molecule has 0 aliphatic heterocycles. The Morgan fingerprint density at radius 3 is 2.72 bits per heavy atom. The fraction of sp³-hybridized carbons (Fsp3) is 0.455.